The number of hydrogen-bond acceptors (Lipinski definition) is 6. The van der Waals surface area contributed by atoms with Crippen molar-refractivity contribution in [3.05, 3.63) is 12.5 Å². The van der Waals surface area contributed by atoms with Crippen molar-refractivity contribution in [1.29, 1.82) is 5.26 Å². The van der Waals surface area contributed by atoms with Crippen LogP contribution in [-0.4, -0.2) is 36.9 Å². The van der Waals surface area contributed by atoms with Crippen LogP contribution < -0.4 is 5.32 Å². The van der Waals surface area contributed by atoms with Gasteiger partial charge in [0.15, 0.2) is 5.65 Å². The van der Waals surface area contributed by atoms with Crippen LogP contribution in [0.25, 0.3) is 11.0 Å². The van der Waals surface area contributed by atoms with Crippen LogP contribution in [0.2, 0.25) is 0 Å². The van der Waals surface area contributed by atoms with Gasteiger partial charge in [0.2, 0.25) is 5.91 Å². The largest absolute Gasteiger partial charge is 0.337 e. The molecule has 22 heavy (non-hydrogen) atoms. The fourth-order valence-corrected chi connectivity index (χ4v) is 3.50. The predicted octanol–water partition coefficient (Wildman–Crippen LogP) is 1.41. The number of fused-ring (bicyclic) bond motifs is 1. The average molecular weight is 316 g/mol. The Morgan fingerprint density at radius 1 is 1.50 bits per heavy atom. The lowest BCUT2D eigenvalue weighted by Crippen LogP contribution is -2.45. The van der Waals surface area contributed by atoms with E-state index in [-0.39, 0.29) is 11.7 Å². The van der Waals surface area contributed by atoms with Crippen molar-refractivity contribution < 1.29 is 4.79 Å². The average Bonchev–Trinajstić information content (AvgIpc) is 3.14. The van der Waals surface area contributed by atoms with Crippen molar-refractivity contribution in [2.45, 2.75) is 36.2 Å². The van der Waals surface area contributed by atoms with Crippen molar-refractivity contribution in [3.63, 3.8) is 0 Å². The van der Waals surface area contributed by atoms with Gasteiger partial charge in [-0.3, -0.25) is 9.48 Å². The maximum atomic E-state index is 12.1. The first-order chi connectivity index (χ1) is 10.6. The molecule has 0 spiro atoms. The lowest BCUT2D eigenvalue weighted by molar-refractivity contribution is -0.119. The standard InChI is InChI=1S/C14H16N6OS/c1-20-12-10(6-18-20)13(17-9-16-12)22-7-11(21)19-14(8-15)4-2-3-5-14/h6,9H,2-5,7H2,1H3,(H,19,21). The fraction of sp³-hybridized carbons (Fsp3) is 0.500. The van der Waals surface area contributed by atoms with E-state index in [0.29, 0.717) is 0 Å². The quantitative estimate of drug-likeness (QED) is 0.676. The Labute approximate surface area is 132 Å². The van der Waals surface area contributed by atoms with E-state index in [1.54, 1.807) is 10.9 Å². The van der Waals surface area contributed by atoms with Gasteiger partial charge in [-0.2, -0.15) is 10.4 Å². The molecule has 3 rings (SSSR count). The minimum Gasteiger partial charge on any atom is -0.337 e. The van der Waals surface area contributed by atoms with Crippen LogP contribution in [-0.2, 0) is 11.8 Å². The maximum absolute atomic E-state index is 12.1. The van der Waals surface area contributed by atoms with Gasteiger partial charge in [-0.1, -0.05) is 11.8 Å². The third kappa shape index (κ3) is 2.76. The molecule has 0 saturated heterocycles. The van der Waals surface area contributed by atoms with E-state index < -0.39 is 5.54 Å². The van der Waals surface area contributed by atoms with Gasteiger partial charge in [-0.25, -0.2) is 9.97 Å². The van der Waals surface area contributed by atoms with Gasteiger partial charge < -0.3 is 5.32 Å². The van der Waals surface area contributed by atoms with Gasteiger partial charge >= 0.3 is 0 Å². The number of carbonyl (C=O) groups is 1. The second-order valence-corrected chi connectivity index (χ2v) is 6.39. The SMILES string of the molecule is Cn1ncc2c(SCC(=O)NC3(C#N)CCCC3)ncnc21. The number of thioether (sulfide) groups is 1. The molecule has 0 aliphatic heterocycles. The molecular weight excluding hydrogens is 300 g/mol. The molecule has 1 saturated carbocycles. The molecule has 1 aliphatic rings. The number of aryl methyl sites for hydroxylation is 1. The molecule has 2 aromatic rings. The Bertz CT molecular complexity index is 743. The van der Waals surface area contributed by atoms with E-state index in [4.69, 9.17) is 0 Å². The highest BCUT2D eigenvalue weighted by Gasteiger charge is 2.35. The van der Waals surface area contributed by atoms with Crippen LogP contribution >= 0.6 is 11.8 Å². The first kappa shape index (κ1) is 14.8. The fourth-order valence-electron chi connectivity index (χ4n) is 2.74. The van der Waals surface area contributed by atoms with Crippen LogP contribution in [0.4, 0.5) is 0 Å². The summed E-state index contributed by atoms with van der Waals surface area (Å²) in [4.78, 5) is 20.5. The zero-order valence-corrected chi connectivity index (χ0v) is 13.1. The number of nitrogens with zero attached hydrogens (tertiary/aromatic N) is 5. The monoisotopic (exact) mass is 316 g/mol. The summed E-state index contributed by atoms with van der Waals surface area (Å²) in [6.07, 6.45) is 6.62. The summed E-state index contributed by atoms with van der Waals surface area (Å²) in [5.74, 6) is 0.0915. The number of nitriles is 1. The summed E-state index contributed by atoms with van der Waals surface area (Å²) >= 11 is 1.34. The number of amides is 1. The smallest absolute Gasteiger partial charge is 0.231 e. The summed E-state index contributed by atoms with van der Waals surface area (Å²) in [5, 5.41) is 17.9. The number of rotatable bonds is 4. The van der Waals surface area contributed by atoms with Crippen LogP contribution in [0, 0.1) is 11.3 Å². The van der Waals surface area contributed by atoms with Gasteiger partial charge in [0.1, 0.15) is 16.9 Å². The Kier molecular flexibility index (Phi) is 3.98. The third-order valence-corrected chi connectivity index (χ3v) is 4.89. The topological polar surface area (TPSA) is 96.5 Å². The molecule has 1 fully saturated rings. The highest BCUT2D eigenvalue weighted by atomic mass is 32.2. The highest BCUT2D eigenvalue weighted by molar-refractivity contribution is 8.00. The molecule has 0 unspecified atom stereocenters. The van der Waals surface area contributed by atoms with Crippen molar-refractivity contribution in [2.24, 2.45) is 7.05 Å². The van der Waals surface area contributed by atoms with Crippen LogP contribution in [0.3, 0.4) is 0 Å². The van der Waals surface area contributed by atoms with Gasteiger partial charge in [0.05, 0.1) is 23.4 Å². The van der Waals surface area contributed by atoms with Gasteiger partial charge in [0, 0.05) is 7.05 Å². The zero-order chi connectivity index (χ0) is 15.6. The molecule has 0 bridgehead atoms. The number of carbonyl (C=O) groups excluding carboxylic acids is 1. The number of nitrogens with one attached hydrogen (secondary N) is 1. The normalized spacial score (nSPS) is 16.5. The molecule has 8 heteroatoms. The molecule has 0 aromatic carbocycles. The Hall–Kier alpha value is -2.14. The molecule has 7 nitrogen and oxygen atoms in total. The molecule has 1 amide bonds. The van der Waals surface area contributed by atoms with Crippen LogP contribution in [0.15, 0.2) is 17.6 Å². The number of aromatic nitrogens is 4. The summed E-state index contributed by atoms with van der Waals surface area (Å²) in [7, 11) is 1.81. The first-order valence-electron chi connectivity index (χ1n) is 7.11. The molecular formula is C14H16N6OS. The van der Waals surface area contributed by atoms with E-state index in [0.717, 1.165) is 41.7 Å². The van der Waals surface area contributed by atoms with E-state index >= 15 is 0 Å². The molecule has 0 atom stereocenters. The van der Waals surface area contributed by atoms with Crippen molar-refractivity contribution >= 4 is 28.7 Å². The summed E-state index contributed by atoms with van der Waals surface area (Å²) in [6.45, 7) is 0. The van der Waals surface area contributed by atoms with Crippen LogP contribution in [0.1, 0.15) is 25.7 Å². The van der Waals surface area contributed by atoms with Crippen molar-refractivity contribution in [2.75, 3.05) is 5.75 Å². The molecule has 1 aliphatic carbocycles. The van der Waals surface area contributed by atoms with E-state index in [1.807, 2.05) is 7.05 Å². The molecule has 0 radical (unpaired) electrons. The Morgan fingerprint density at radius 2 is 2.27 bits per heavy atom. The lowest BCUT2D eigenvalue weighted by Gasteiger charge is -2.21. The summed E-state index contributed by atoms with van der Waals surface area (Å²) < 4.78 is 1.67. The Balaban J connectivity index is 1.67. The second-order valence-electron chi connectivity index (χ2n) is 5.42. The molecule has 1 N–H and O–H groups in total. The third-order valence-electron chi connectivity index (χ3n) is 3.88. The van der Waals surface area contributed by atoms with Gasteiger partial charge in [-0.05, 0) is 25.7 Å². The predicted molar refractivity (Wildman–Crippen MR) is 82.0 cm³/mol. The lowest BCUT2D eigenvalue weighted by atomic mass is 10.0. The minimum atomic E-state index is -0.674. The van der Waals surface area contributed by atoms with E-state index in [9.17, 15) is 10.1 Å². The van der Waals surface area contributed by atoms with Crippen molar-refractivity contribution in [3.8, 4) is 6.07 Å². The van der Waals surface area contributed by atoms with Crippen molar-refractivity contribution in [1.82, 2.24) is 25.1 Å². The Morgan fingerprint density at radius 3 is 3.00 bits per heavy atom. The molecule has 2 aromatic heterocycles. The number of hydrogen-bond donors (Lipinski definition) is 1. The van der Waals surface area contributed by atoms with Gasteiger partial charge in [0.25, 0.3) is 0 Å². The van der Waals surface area contributed by atoms with Gasteiger partial charge in [-0.15, -0.1) is 0 Å². The maximum Gasteiger partial charge on any atom is 0.231 e. The zero-order valence-electron chi connectivity index (χ0n) is 12.2. The molecule has 2 heterocycles. The molecule has 114 valence electrons. The van der Waals surface area contributed by atoms with Crippen LogP contribution in [0.5, 0.6) is 0 Å². The summed E-state index contributed by atoms with van der Waals surface area (Å²) in [6, 6.07) is 2.26. The van der Waals surface area contributed by atoms with E-state index in [2.05, 4.69) is 26.5 Å². The van der Waals surface area contributed by atoms with E-state index in [1.165, 1.54) is 18.1 Å². The highest BCUT2D eigenvalue weighted by Crippen LogP contribution is 2.29. The minimum absolute atomic E-state index is 0.135. The summed E-state index contributed by atoms with van der Waals surface area (Å²) in [5.41, 5.74) is 0.0645. The second kappa shape index (κ2) is 5.93. The first-order valence-corrected chi connectivity index (χ1v) is 8.10.